The summed E-state index contributed by atoms with van der Waals surface area (Å²) < 4.78 is 1.93. The van der Waals surface area contributed by atoms with Gasteiger partial charge in [0, 0.05) is 30.4 Å². The highest BCUT2D eigenvalue weighted by molar-refractivity contribution is 7.15. The number of pyridine rings is 2. The molecule has 4 heterocycles. The second-order valence-corrected chi connectivity index (χ2v) is 5.58. The molecule has 0 aliphatic rings. The molecule has 0 aliphatic carbocycles. The summed E-state index contributed by atoms with van der Waals surface area (Å²) in [4.78, 5) is 25.4. The molecule has 0 bridgehead atoms. The van der Waals surface area contributed by atoms with E-state index in [0.29, 0.717) is 15.3 Å². The van der Waals surface area contributed by atoms with E-state index >= 15 is 0 Å². The Kier molecular flexibility index (Phi) is 2.97. The van der Waals surface area contributed by atoms with Gasteiger partial charge in [0.05, 0.1) is 4.53 Å². The van der Waals surface area contributed by atoms with Crippen LogP contribution in [0.5, 0.6) is 0 Å². The Balaban J connectivity index is 1.85. The standard InChI is InChI=1S/C15H9N5OS/c21-14-12(8-10-3-6-16-7-4-10)22-15-18-13(19-20(14)15)11-2-1-5-17-9-11/h1-9H. The molecule has 0 radical (unpaired) electrons. The molecule has 0 aromatic carbocycles. The maximum Gasteiger partial charge on any atom is 0.291 e. The fraction of sp³-hybridized carbons (Fsp3) is 0. The van der Waals surface area contributed by atoms with Gasteiger partial charge in [-0.1, -0.05) is 11.3 Å². The van der Waals surface area contributed by atoms with E-state index in [0.717, 1.165) is 11.1 Å². The minimum absolute atomic E-state index is 0.167. The maximum absolute atomic E-state index is 12.4. The van der Waals surface area contributed by atoms with Gasteiger partial charge in [0.1, 0.15) is 0 Å². The molecule has 0 atom stereocenters. The summed E-state index contributed by atoms with van der Waals surface area (Å²) >= 11 is 1.31. The molecule has 0 spiro atoms. The van der Waals surface area contributed by atoms with E-state index in [9.17, 15) is 4.79 Å². The van der Waals surface area contributed by atoms with Crippen molar-refractivity contribution in [2.75, 3.05) is 0 Å². The Morgan fingerprint density at radius 2 is 1.95 bits per heavy atom. The second kappa shape index (κ2) is 5.12. The Hall–Kier alpha value is -2.93. The van der Waals surface area contributed by atoms with Crippen LogP contribution in [0, 0.1) is 0 Å². The summed E-state index contributed by atoms with van der Waals surface area (Å²) in [6, 6.07) is 7.36. The molecule has 0 aliphatic heterocycles. The van der Waals surface area contributed by atoms with Gasteiger partial charge >= 0.3 is 0 Å². The number of hydrogen-bond donors (Lipinski definition) is 0. The lowest BCUT2D eigenvalue weighted by Gasteiger charge is -1.90. The van der Waals surface area contributed by atoms with E-state index in [1.54, 1.807) is 24.8 Å². The molecule has 106 valence electrons. The Labute approximate surface area is 128 Å². The summed E-state index contributed by atoms with van der Waals surface area (Å²) in [7, 11) is 0. The van der Waals surface area contributed by atoms with Crippen molar-refractivity contribution in [1.29, 1.82) is 0 Å². The molecule has 0 saturated heterocycles. The smallest absolute Gasteiger partial charge is 0.266 e. The van der Waals surface area contributed by atoms with Crippen LogP contribution in [0.4, 0.5) is 0 Å². The molecular weight excluding hydrogens is 298 g/mol. The zero-order valence-electron chi connectivity index (χ0n) is 11.2. The van der Waals surface area contributed by atoms with Crippen molar-refractivity contribution in [2.24, 2.45) is 0 Å². The van der Waals surface area contributed by atoms with Crippen molar-refractivity contribution in [3.8, 4) is 11.4 Å². The predicted octanol–water partition coefficient (Wildman–Crippen LogP) is 1.16. The van der Waals surface area contributed by atoms with Gasteiger partial charge in [-0.05, 0) is 35.9 Å². The van der Waals surface area contributed by atoms with Gasteiger partial charge < -0.3 is 0 Å². The van der Waals surface area contributed by atoms with E-state index in [2.05, 4.69) is 20.1 Å². The summed E-state index contributed by atoms with van der Waals surface area (Å²) in [5, 5.41) is 4.28. The van der Waals surface area contributed by atoms with Crippen molar-refractivity contribution in [3.05, 3.63) is 69.5 Å². The van der Waals surface area contributed by atoms with Gasteiger partial charge in [0.25, 0.3) is 5.56 Å². The molecule has 0 fully saturated rings. The number of fused-ring (bicyclic) bond motifs is 1. The summed E-state index contributed by atoms with van der Waals surface area (Å²) in [5.74, 6) is 0.506. The predicted molar refractivity (Wildman–Crippen MR) is 83.4 cm³/mol. The van der Waals surface area contributed by atoms with Crippen LogP contribution in [0.3, 0.4) is 0 Å². The molecule has 0 unspecified atom stereocenters. The van der Waals surface area contributed by atoms with Crippen LogP contribution in [0.1, 0.15) is 5.56 Å². The first-order chi connectivity index (χ1) is 10.8. The number of hydrogen-bond acceptors (Lipinski definition) is 6. The van der Waals surface area contributed by atoms with E-state index in [1.165, 1.54) is 15.9 Å². The molecule has 7 heteroatoms. The monoisotopic (exact) mass is 307 g/mol. The normalized spacial score (nSPS) is 12.1. The molecule has 4 aromatic rings. The van der Waals surface area contributed by atoms with Crippen molar-refractivity contribution >= 4 is 22.4 Å². The van der Waals surface area contributed by atoms with Gasteiger partial charge in [-0.2, -0.15) is 9.50 Å². The van der Waals surface area contributed by atoms with Crippen molar-refractivity contribution < 1.29 is 0 Å². The minimum atomic E-state index is -0.167. The van der Waals surface area contributed by atoms with Crippen LogP contribution in [-0.2, 0) is 0 Å². The fourth-order valence-corrected chi connectivity index (χ4v) is 2.97. The first-order valence-corrected chi connectivity index (χ1v) is 7.35. The third kappa shape index (κ3) is 2.17. The van der Waals surface area contributed by atoms with Crippen molar-refractivity contribution in [1.82, 2.24) is 24.6 Å². The number of aromatic nitrogens is 5. The van der Waals surface area contributed by atoms with E-state index in [-0.39, 0.29) is 5.56 Å². The molecule has 4 aromatic heterocycles. The van der Waals surface area contributed by atoms with Gasteiger partial charge in [-0.15, -0.1) is 5.10 Å². The average Bonchev–Trinajstić information content (AvgIpc) is 3.10. The summed E-state index contributed by atoms with van der Waals surface area (Å²) in [6.07, 6.45) is 8.55. The zero-order chi connectivity index (χ0) is 14.9. The van der Waals surface area contributed by atoms with Gasteiger partial charge in [0.2, 0.25) is 4.96 Å². The lowest BCUT2D eigenvalue weighted by Crippen LogP contribution is -2.23. The lowest BCUT2D eigenvalue weighted by molar-refractivity contribution is 0.936. The van der Waals surface area contributed by atoms with Gasteiger partial charge in [-0.25, -0.2) is 0 Å². The van der Waals surface area contributed by atoms with Gasteiger partial charge in [-0.3, -0.25) is 14.8 Å². The zero-order valence-corrected chi connectivity index (χ0v) is 12.1. The van der Waals surface area contributed by atoms with E-state index in [1.807, 2.05) is 30.3 Å². The van der Waals surface area contributed by atoms with Crippen LogP contribution in [0.2, 0.25) is 0 Å². The Morgan fingerprint density at radius 3 is 2.68 bits per heavy atom. The fourth-order valence-electron chi connectivity index (χ4n) is 2.06. The first-order valence-electron chi connectivity index (χ1n) is 6.53. The van der Waals surface area contributed by atoms with Crippen molar-refractivity contribution in [2.45, 2.75) is 0 Å². The number of rotatable bonds is 2. The topological polar surface area (TPSA) is 73.0 Å². The number of thiazole rings is 1. The number of nitrogens with zero attached hydrogens (tertiary/aromatic N) is 5. The van der Waals surface area contributed by atoms with Crippen LogP contribution in [0.25, 0.3) is 22.4 Å². The minimum Gasteiger partial charge on any atom is -0.266 e. The molecule has 22 heavy (non-hydrogen) atoms. The lowest BCUT2D eigenvalue weighted by atomic mass is 10.2. The molecule has 0 N–H and O–H groups in total. The van der Waals surface area contributed by atoms with Crippen LogP contribution >= 0.6 is 11.3 Å². The third-order valence-electron chi connectivity index (χ3n) is 3.11. The van der Waals surface area contributed by atoms with E-state index < -0.39 is 0 Å². The highest BCUT2D eigenvalue weighted by Gasteiger charge is 2.11. The largest absolute Gasteiger partial charge is 0.291 e. The third-order valence-corrected chi connectivity index (χ3v) is 4.06. The first kappa shape index (κ1) is 12.8. The van der Waals surface area contributed by atoms with Crippen LogP contribution in [-0.4, -0.2) is 24.6 Å². The highest BCUT2D eigenvalue weighted by Crippen LogP contribution is 2.14. The van der Waals surface area contributed by atoms with Crippen molar-refractivity contribution in [3.63, 3.8) is 0 Å². The quantitative estimate of drug-likeness (QED) is 0.555. The molecule has 6 nitrogen and oxygen atoms in total. The molecule has 0 amide bonds. The maximum atomic E-state index is 12.4. The average molecular weight is 307 g/mol. The highest BCUT2D eigenvalue weighted by atomic mass is 32.1. The SMILES string of the molecule is O=c1c(=Cc2ccncc2)sc2nc(-c3cccnc3)nn12. The second-order valence-electron chi connectivity index (χ2n) is 4.57. The molecule has 0 saturated carbocycles. The molecular formula is C15H9N5OS. The Morgan fingerprint density at radius 1 is 1.09 bits per heavy atom. The molecule has 4 rings (SSSR count). The van der Waals surface area contributed by atoms with Crippen LogP contribution in [0.15, 0.2) is 53.8 Å². The summed E-state index contributed by atoms with van der Waals surface area (Å²) in [5.41, 5.74) is 1.54. The van der Waals surface area contributed by atoms with Crippen LogP contribution < -0.4 is 10.1 Å². The summed E-state index contributed by atoms with van der Waals surface area (Å²) in [6.45, 7) is 0. The van der Waals surface area contributed by atoms with Gasteiger partial charge in [0.15, 0.2) is 5.82 Å². The Bertz CT molecular complexity index is 1040. The van der Waals surface area contributed by atoms with E-state index in [4.69, 9.17) is 0 Å².